The highest BCUT2D eigenvalue weighted by Crippen LogP contribution is 2.19. The molecule has 140 valence electrons. The molecule has 0 saturated heterocycles. The van der Waals surface area contributed by atoms with Crippen molar-refractivity contribution in [2.75, 3.05) is 18.9 Å². The Hall–Kier alpha value is -2.51. The standard InChI is InChI=1S/C19H19ClN4O2S/c1-14-2-6-16(7-3-14)24-13-22-23-19(24)27-12-18(25)21-10-11-26-17-8-4-15(20)5-9-17/h2-9,13H,10-12H2,1H3,(H,21,25). The van der Waals surface area contributed by atoms with Gasteiger partial charge in [0.05, 0.1) is 12.3 Å². The highest BCUT2D eigenvalue weighted by atomic mass is 35.5. The number of nitrogens with one attached hydrogen (secondary N) is 1. The summed E-state index contributed by atoms with van der Waals surface area (Å²) in [7, 11) is 0. The second kappa shape index (κ2) is 9.43. The van der Waals surface area contributed by atoms with E-state index in [1.165, 1.54) is 17.3 Å². The van der Waals surface area contributed by atoms with Gasteiger partial charge in [0.1, 0.15) is 18.7 Å². The molecule has 6 nitrogen and oxygen atoms in total. The van der Waals surface area contributed by atoms with Gasteiger partial charge >= 0.3 is 0 Å². The van der Waals surface area contributed by atoms with Crippen LogP contribution in [0.5, 0.6) is 5.75 Å². The van der Waals surface area contributed by atoms with Crippen molar-refractivity contribution in [3.8, 4) is 11.4 Å². The van der Waals surface area contributed by atoms with E-state index >= 15 is 0 Å². The monoisotopic (exact) mass is 402 g/mol. The highest BCUT2D eigenvalue weighted by molar-refractivity contribution is 7.99. The van der Waals surface area contributed by atoms with E-state index in [2.05, 4.69) is 15.5 Å². The predicted octanol–water partition coefficient (Wildman–Crippen LogP) is 3.52. The molecular formula is C19H19ClN4O2S. The van der Waals surface area contributed by atoms with Gasteiger partial charge in [-0.1, -0.05) is 41.1 Å². The quantitative estimate of drug-likeness (QED) is 0.461. The molecule has 0 bridgehead atoms. The average molecular weight is 403 g/mol. The summed E-state index contributed by atoms with van der Waals surface area (Å²) in [5.74, 6) is 0.887. The van der Waals surface area contributed by atoms with Crippen LogP contribution in [0.25, 0.3) is 5.69 Å². The van der Waals surface area contributed by atoms with E-state index in [4.69, 9.17) is 16.3 Å². The summed E-state index contributed by atoms with van der Waals surface area (Å²) in [5, 5.41) is 12.2. The molecule has 8 heteroatoms. The molecule has 1 N–H and O–H groups in total. The molecule has 1 amide bonds. The van der Waals surface area contributed by atoms with Crippen molar-refractivity contribution in [2.24, 2.45) is 0 Å². The van der Waals surface area contributed by atoms with Gasteiger partial charge in [-0.15, -0.1) is 10.2 Å². The van der Waals surface area contributed by atoms with Crippen LogP contribution in [0.3, 0.4) is 0 Å². The minimum Gasteiger partial charge on any atom is -0.492 e. The van der Waals surface area contributed by atoms with Gasteiger partial charge in [0.25, 0.3) is 0 Å². The van der Waals surface area contributed by atoms with Crippen LogP contribution in [0.2, 0.25) is 5.02 Å². The molecule has 2 aromatic carbocycles. The largest absolute Gasteiger partial charge is 0.492 e. The van der Waals surface area contributed by atoms with Crippen LogP contribution in [0, 0.1) is 6.92 Å². The number of halogens is 1. The van der Waals surface area contributed by atoms with Gasteiger partial charge in [-0.05, 0) is 43.3 Å². The third-order valence-electron chi connectivity index (χ3n) is 3.67. The molecule has 3 aromatic rings. The Bertz CT molecular complexity index is 881. The molecule has 0 spiro atoms. The van der Waals surface area contributed by atoms with Crippen molar-refractivity contribution in [3.63, 3.8) is 0 Å². The molecule has 0 fully saturated rings. The zero-order chi connectivity index (χ0) is 19.1. The Kier molecular flexibility index (Phi) is 6.73. The predicted molar refractivity (Wildman–Crippen MR) is 107 cm³/mol. The molecule has 0 saturated carbocycles. The number of rotatable bonds is 8. The number of amides is 1. The maximum absolute atomic E-state index is 12.0. The first-order valence-electron chi connectivity index (χ1n) is 8.37. The van der Waals surface area contributed by atoms with Crippen molar-refractivity contribution in [1.29, 1.82) is 0 Å². The molecule has 0 aliphatic heterocycles. The minimum absolute atomic E-state index is 0.0850. The number of thioether (sulfide) groups is 1. The molecule has 0 unspecified atom stereocenters. The topological polar surface area (TPSA) is 69.0 Å². The first-order chi connectivity index (χ1) is 13.1. The molecule has 0 aliphatic carbocycles. The lowest BCUT2D eigenvalue weighted by Gasteiger charge is -2.08. The maximum atomic E-state index is 12.0. The number of carbonyl (C=O) groups is 1. The van der Waals surface area contributed by atoms with Crippen molar-refractivity contribution in [3.05, 3.63) is 65.4 Å². The van der Waals surface area contributed by atoms with Gasteiger partial charge in [0, 0.05) is 10.7 Å². The first-order valence-corrected chi connectivity index (χ1v) is 9.73. The molecule has 27 heavy (non-hydrogen) atoms. The van der Waals surface area contributed by atoms with E-state index in [-0.39, 0.29) is 11.7 Å². The van der Waals surface area contributed by atoms with Crippen LogP contribution in [-0.2, 0) is 4.79 Å². The van der Waals surface area contributed by atoms with Crippen LogP contribution in [0.1, 0.15) is 5.56 Å². The number of carbonyl (C=O) groups excluding carboxylic acids is 1. The third-order valence-corrected chi connectivity index (χ3v) is 4.86. The Morgan fingerprint density at radius 1 is 1.19 bits per heavy atom. The van der Waals surface area contributed by atoms with Crippen molar-refractivity contribution in [1.82, 2.24) is 20.1 Å². The second-order valence-corrected chi connectivity index (χ2v) is 7.14. The summed E-state index contributed by atoms with van der Waals surface area (Å²) in [6.07, 6.45) is 1.64. The van der Waals surface area contributed by atoms with Gasteiger partial charge in [0.2, 0.25) is 5.91 Å². The van der Waals surface area contributed by atoms with E-state index < -0.39 is 0 Å². The Morgan fingerprint density at radius 3 is 2.67 bits per heavy atom. The number of ether oxygens (including phenoxy) is 1. The summed E-state index contributed by atoms with van der Waals surface area (Å²) < 4.78 is 7.40. The fraction of sp³-hybridized carbons (Fsp3) is 0.211. The van der Waals surface area contributed by atoms with Crippen molar-refractivity contribution >= 4 is 29.3 Å². The molecule has 0 atom stereocenters. The number of aromatic nitrogens is 3. The van der Waals surface area contributed by atoms with E-state index in [0.29, 0.717) is 29.1 Å². The molecular weight excluding hydrogens is 384 g/mol. The van der Waals surface area contributed by atoms with Crippen LogP contribution in [-0.4, -0.2) is 39.6 Å². The smallest absolute Gasteiger partial charge is 0.230 e. The maximum Gasteiger partial charge on any atom is 0.230 e. The van der Waals surface area contributed by atoms with Gasteiger partial charge in [-0.3, -0.25) is 9.36 Å². The number of hydrogen-bond acceptors (Lipinski definition) is 5. The van der Waals surface area contributed by atoms with E-state index in [9.17, 15) is 4.79 Å². The van der Waals surface area contributed by atoms with Gasteiger partial charge in [0.15, 0.2) is 5.16 Å². The van der Waals surface area contributed by atoms with Crippen molar-refractivity contribution < 1.29 is 9.53 Å². The Morgan fingerprint density at radius 2 is 1.93 bits per heavy atom. The van der Waals surface area contributed by atoms with Crippen LogP contribution < -0.4 is 10.1 Å². The lowest BCUT2D eigenvalue weighted by molar-refractivity contribution is -0.118. The van der Waals surface area contributed by atoms with Gasteiger partial charge < -0.3 is 10.1 Å². The fourth-order valence-corrected chi connectivity index (χ4v) is 3.16. The summed E-state index contributed by atoms with van der Waals surface area (Å²) >= 11 is 7.16. The Balaban J connectivity index is 1.42. The number of hydrogen-bond donors (Lipinski definition) is 1. The summed E-state index contributed by atoms with van der Waals surface area (Å²) in [6.45, 7) is 2.84. The fourth-order valence-electron chi connectivity index (χ4n) is 2.28. The van der Waals surface area contributed by atoms with Gasteiger partial charge in [-0.2, -0.15) is 0 Å². The zero-order valence-corrected chi connectivity index (χ0v) is 16.3. The lowest BCUT2D eigenvalue weighted by atomic mass is 10.2. The zero-order valence-electron chi connectivity index (χ0n) is 14.8. The number of aryl methyl sites for hydroxylation is 1. The lowest BCUT2D eigenvalue weighted by Crippen LogP contribution is -2.29. The average Bonchev–Trinajstić information content (AvgIpc) is 3.14. The van der Waals surface area contributed by atoms with E-state index in [0.717, 1.165) is 5.69 Å². The molecule has 3 rings (SSSR count). The van der Waals surface area contributed by atoms with Crippen molar-refractivity contribution in [2.45, 2.75) is 12.1 Å². The highest BCUT2D eigenvalue weighted by Gasteiger charge is 2.10. The summed E-state index contributed by atoms with van der Waals surface area (Å²) in [5.41, 5.74) is 2.14. The third kappa shape index (κ3) is 5.74. The molecule has 0 aliphatic rings. The van der Waals surface area contributed by atoms with Crippen LogP contribution in [0.4, 0.5) is 0 Å². The Labute approximate surface area is 166 Å². The van der Waals surface area contributed by atoms with E-state index in [1.54, 1.807) is 30.6 Å². The van der Waals surface area contributed by atoms with Crippen LogP contribution >= 0.6 is 23.4 Å². The number of benzene rings is 2. The van der Waals surface area contributed by atoms with E-state index in [1.807, 2.05) is 35.8 Å². The summed E-state index contributed by atoms with van der Waals surface area (Å²) in [4.78, 5) is 12.0. The second-order valence-electron chi connectivity index (χ2n) is 5.76. The SMILES string of the molecule is Cc1ccc(-n2cnnc2SCC(=O)NCCOc2ccc(Cl)cc2)cc1. The van der Waals surface area contributed by atoms with Gasteiger partial charge in [-0.25, -0.2) is 0 Å². The van der Waals surface area contributed by atoms with Crippen LogP contribution in [0.15, 0.2) is 60.0 Å². The minimum atomic E-state index is -0.0850. The first kappa shape index (κ1) is 19.3. The number of nitrogens with zero attached hydrogens (tertiary/aromatic N) is 3. The molecule has 1 aromatic heterocycles. The summed E-state index contributed by atoms with van der Waals surface area (Å²) in [6, 6.07) is 15.1. The molecule has 0 radical (unpaired) electrons. The normalized spacial score (nSPS) is 10.6. The molecule has 1 heterocycles.